The van der Waals surface area contributed by atoms with Gasteiger partial charge in [0.05, 0.1) is 0 Å². The third-order valence-electron chi connectivity index (χ3n) is 2.85. The lowest BCUT2D eigenvalue weighted by molar-refractivity contribution is -0.142. The van der Waals surface area contributed by atoms with Gasteiger partial charge in [-0.25, -0.2) is 0 Å². The summed E-state index contributed by atoms with van der Waals surface area (Å²) < 4.78 is 0. The van der Waals surface area contributed by atoms with E-state index in [-0.39, 0.29) is 23.1 Å². The van der Waals surface area contributed by atoms with E-state index in [1.807, 2.05) is 0 Å². The Balaban J connectivity index is -0.000000352. The lowest BCUT2D eigenvalue weighted by Gasteiger charge is -2.00. The molecule has 0 radical (unpaired) electrons. The highest BCUT2D eigenvalue weighted by Crippen LogP contribution is 2.09. The van der Waals surface area contributed by atoms with Crippen molar-refractivity contribution in [2.24, 2.45) is 11.8 Å². The summed E-state index contributed by atoms with van der Waals surface area (Å²) in [5.74, 6) is 7.74. The van der Waals surface area contributed by atoms with E-state index in [9.17, 15) is 28.8 Å². The van der Waals surface area contributed by atoms with E-state index >= 15 is 0 Å². The highest BCUT2D eigenvalue weighted by atomic mass is 16.7. The second-order valence-electron chi connectivity index (χ2n) is 5.78. The van der Waals surface area contributed by atoms with E-state index in [0.29, 0.717) is 24.0 Å². The van der Waals surface area contributed by atoms with Crippen molar-refractivity contribution in [3.63, 3.8) is 0 Å². The number of carbonyl (C=O) groups is 6. The minimum atomic E-state index is -0.468. The molecule has 1 aromatic rings. The quantitative estimate of drug-likeness (QED) is 0.522. The smallest absolute Gasteiger partial charge is 0.321 e. The molecule has 0 aromatic heterocycles. The second-order valence-corrected chi connectivity index (χ2v) is 5.78. The topological polar surface area (TPSA) is 173 Å². The molecule has 0 amide bonds. The number of ketones is 4. The van der Waals surface area contributed by atoms with Gasteiger partial charge in [-0.05, 0) is 27.7 Å². The van der Waals surface area contributed by atoms with Gasteiger partial charge in [0.25, 0.3) is 0 Å². The van der Waals surface area contributed by atoms with Gasteiger partial charge in [-0.15, -0.1) is 0 Å². The maximum atomic E-state index is 11.0. The number of nitrogens with two attached hydrogens (primary N) is 2. The van der Waals surface area contributed by atoms with Gasteiger partial charge in [0.15, 0.2) is 11.6 Å². The van der Waals surface area contributed by atoms with Crippen LogP contribution in [0.2, 0.25) is 0 Å². The summed E-state index contributed by atoms with van der Waals surface area (Å²) in [5, 5.41) is 0. The first kappa shape index (κ1) is 31.5. The lowest BCUT2D eigenvalue weighted by Crippen LogP contribution is -2.03. The van der Waals surface area contributed by atoms with Crippen molar-refractivity contribution in [3.05, 3.63) is 35.4 Å². The SMILES string of the molecule is CC(=O)CCC(C)=O.CC(=O)ON.CC(=O)ON.CC(=O)c1ccccc1C(C)=O. The number of Topliss-reactive ketones (excluding diaryl/α,β-unsaturated/α-hetero) is 4. The summed E-state index contributed by atoms with van der Waals surface area (Å²) in [6, 6.07) is 6.84. The predicted octanol–water partition coefficient (Wildman–Crippen LogP) is 1.88. The van der Waals surface area contributed by atoms with Crippen LogP contribution in [0.5, 0.6) is 0 Å². The summed E-state index contributed by atoms with van der Waals surface area (Å²) in [6.45, 7) is 8.37. The molecule has 0 unspecified atom stereocenters. The third-order valence-corrected chi connectivity index (χ3v) is 2.85. The number of benzene rings is 1. The van der Waals surface area contributed by atoms with Crippen molar-refractivity contribution in [2.45, 2.75) is 54.4 Å². The van der Waals surface area contributed by atoms with Crippen LogP contribution in [0.4, 0.5) is 0 Å². The zero-order valence-corrected chi connectivity index (χ0v) is 18.1. The van der Waals surface area contributed by atoms with Gasteiger partial charge in [0.2, 0.25) is 0 Å². The highest BCUT2D eigenvalue weighted by molar-refractivity contribution is 6.07. The van der Waals surface area contributed by atoms with Crippen LogP contribution in [0.3, 0.4) is 0 Å². The summed E-state index contributed by atoms with van der Waals surface area (Å²) >= 11 is 0. The highest BCUT2D eigenvalue weighted by Gasteiger charge is 2.08. The van der Waals surface area contributed by atoms with Crippen LogP contribution in [0.25, 0.3) is 0 Å². The van der Waals surface area contributed by atoms with E-state index in [1.54, 1.807) is 24.3 Å². The van der Waals surface area contributed by atoms with Crippen molar-refractivity contribution < 1.29 is 38.4 Å². The number of hydrogen-bond donors (Lipinski definition) is 2. The first-order chi connectivity index (χ1) is 13.8. The molecule has 0 atom stereocenters. The normalized spacial score (nSPS) is 8.40. The standard InChI is InChI=1S/C10H10O2.C6H10O2.2C2H5NO2/c1-7(11)9-5-3-4-6-10(9)8(2)12;1-5(7)3-4-6(2)8;2*1-2(4)5-3/h3-6H,1-2H3;3-4H2,1-2H3;2*3H2,1H3. The molecule has 0 bridgehead atoms. The Labute approximate surface area is 175 Å². The average Bonchev–Trinajstić information content (AvgIpc) is 2.67. The fourth-order valence-electron chi connectivity index (χ4n) is 1.45. The summed E-state index contributed by atoms with van der Waals surface area (Å²) in [5.41, 5.74) is 1.01. The minimum Gasteiger partial charge on any atom is -0.374 e. The van der Waals surface area contributed by atoms with E-state index in [1.165, 1.54) is 41.5 Å². The average molecular weight is 426 g/mol. The van der Waals surface area contributed by atoms with Crippen molar-refractivity contribution in [3.8, 4) is 0 Å². The van der Waals surface area contributed by atoms with Crippen LogP contribution in [-0.2, 0) is 28.9 Å². The molecule has 0 aliphatic heterocycles. The molecule has 0 saturated carbocycles. The van der Waals surface area contributed by atoms with Crippen LogP contribution in [0.15, 0.2) is 24.3 Å². The zero-order valence-electron chi connectivity index (χ0n) is 18.1. The molecular formula is C20H30N2O8. The fraction of sp³-hybridized carbons (Fsp3) is 0.400. The predicted molar refractivity (Wildman–Crippen MR) is 109 cm³/mol. The molecule has 168 valence electrons. The van der Waals surface area contributed by atoms with Gasteiger partial charge in [-0.1, -0.05) is 24.3 Å². The third kappa shape index (κ3) is 22.8. The molecule has 0 aliphatic carbocycles. The van der Waals surface area contributed by atoms with Gasteiger partial charge in [-0.2, -0.15) is 11.8 Å². The van der Waals surface area contributed by atoms with Crippen molar-refractivity contribution in [1.82, 2.24) is 0 Å². The van der Waals surface area contributed by atoms with Crippen molar-refractivity contribution in [2.75, 3.05) is 0 Å². The van der Waals surface area contributed by atoms with Crippen molar-refractivity contribution in [1.29, 1.82) is 0 Å². The molecule has 10 nitrogen and oxygen atoms in total. The van der Waals surface area contributed by atoms with E-state index in [4.69, 9.17) is 0 Å². The number of hydrogen-bond acceptors (Lipinski definition) is 10. The largest absolute Gasteiger partial charge is 0.374 e. The summed E-state index contributed by atoms with van der Waals surface area (Å²) in [4.78, 5) is 68.6. The first-order valence-corrected chi connectivity index (χ1v) is 8.64. The van der Waals surface area contributed by atoms with E-state index in [0.717, 1.165) is 0 Å². The van der Waals surface area contributed by atoms with E-state index in [2.05, 4.69) is 21.5 Å². The summed E-state index contributed by atoms with van der Waals surface area (Å²) in [6.07, 6.45) is 0.796. The van der Waals surface area contributed by atoms with Gasteiger partial charge in [0, 0.05) is 37.8 Å². The zero-order chi connectivity index (χ0) is 24.3. The molecule has 0 spiro atoms. The monoisotopic (exact) mass is 426 g/mol. The second kappa shape index (κ2) is 19.1. The molecule has 0 fully saturated rings. The van der Waals surface area contributed by atoms with Crippen LogP contribution in [0, 0.1) is 0 Å². The van der Waals surface area contributed by atoms with Gasteiger partial charge >= 0.3 is 11.9 Å². The van der Waals surface area contributed by atoms with Crippen molar-refractivity contribution >= 4 is 35.1 Å². The molecular weight excluding hydrogens is 396 g/mol. The minimum absolute atomic E-state index is 0.0687. The molecule has 1 aromatic carbocycles. The van der Waals surface area contributed by atoms with Gasteiger partial charge < -0.3 is 19.3 Å². The Kier molecular flexibility index (Phi) is 20.0. The molecule has 10 heteroatoms. The fourth-order valence-corrected chi connectivity index (χ4v) is 1.45. The van der Waals surface area contributed by atoms with E-state index < -0.39 is 11.9 Å². The molecule has 0 aliphatic rings. The molecule has 30 heavy (non-hydrogen) atoms. The Hall–Kier alpha value is -3.24. The first-order valence-electron chi connectivity index (χ1n) is 8.64. The Morgan fingerprint density at radius 2 is 0.867 bits per heavy atom. The van der Waals surface area contributed by atoms with Crippen LogP contribution in [-0.4, -0.2) is 35.1 Å². The molecule has 4 N–H and O–H groups in total. The summed E-state index contributed by atoms with van der Waals surface area (Å²) in [7, 11) is 0. The maximum absolute atomic E-state index is 11.0. The lowest BCUT2D eigenvalue weighted by atomic mass is 10.0. The molecule has 0 saturated heterocycles. The molecule has 0 heterocycles. The van der Waals surface area contributed by atoms with Gasteiger partial charge in [-0.3, -0.25) is 19.2 Å². The number of rotatable bonds is 5. The van der Waals surface area contributed by atoms with Gasteiger partial charge in [0.1, 0.15) is 11.6 Å². The Morgan fingerprint density at radius 1 is 0.633 bits per heavy atom. The molecule has 1 rings (SSSR count). The Morgan fingerprint density at radius 3 is 1.00 bits per heavy atom. The van der Waals surface area contributed by atoms with Crippen LogP contribution < -0.4 is 11.8 Å². The van der Waals surface area contributed by atoms with Crippen LogP contribution >= 0.6 is 0 Å². The maximum Gasteiger partial charge on any atom is 0.321 e. The van der Waals surface area contributed by atoms with Crippen LogP contribution in [0.1, 0.15) is 75.1 Å². The number of carbonyl (C=O) groups excluding carboxylic acids is 6. The Bertz CT molecular complexity index is 668.